The lowest BCUT2D eigenvalue weighted by molar-refractivity contribution is 0.626. The second-order valence-electron chi connectivity index (χ2n) is 3.89. The quantitative estimate of drug-likeness (QED) is 0.361. The molecule has 0 spiro atoms. The molecule has 2 nitrogen and oxygen atoms in total. The third kappa shape index (κ3) is 5.63. The zero-order chi connectivity index (χ0) is 12.6. The lowest BCUT2D eigenvalue weighted by Gasteiger charge is -2.27. The van der Waals surface area contributed by atoms with Crippen molar-refractivity contribution in [2.24, 2.45) is 0 Å². The average molecular weight is 329 g/mol. The number of nitrogens with zero attached hydrogens (tertiary/aromatic N) is 2. The Labute approximate surface area is 123 Å². The van der Waals surface area contributed by atoms with Crippen molar-refractivity contribution in [3.63, 3.8) is 0 Å². The number of thiol groups is 2. The third-order valence-corrected chi connectivity index (χ3v) is 13.3. The SMILES string of the molecule is CCCCCCCCS(S)(SS)c1nncs1. The number of unbranched alkanes of at least 4 members (excludes halogenated alkanes) is 5. The summed E-state index contributed by atoms with van der Waals surface area (Å²) in [5, 5.41) is 8.05. The molecular weight excluding hydrogens is 308 g/mol. The maximum absolute atomic E-state index is 4.80. The molecule has 0 aromatic carbocycles. The molecule has 100 valence electrons. The molecule has 0 N–H and O–H groups in total. The molecule has 1 heterocycles. The normalized spacial score (nSPS) is 16.6. The van der Waals surface area contributed by atoms with Crippen molar-refractivity contribution in [3.05, 3.63) is 5.51 Å². The van der Waals surface area contributed by atoms with E-state index in [9.17, 15) is 0 Å². The zero-order valence-electron chi connectivity index (χ0n) is 10.0. The van der Waals surface area contributed by atoms with Gasteiger partial charge in [-0.15, -0.1) is 33.5 Å². The molecule has 1 unspecified atom stereocenters. The van der Waals surface area contributed by atoms with Crippen LogP contribution in [0.4, 0.5) is 0 Å². The molecule has 1 aromatic rings. The van der Waals surface area contributed by atoms with E-state index in [-0.39, 0.29) is 0 Å². The molecule has 0 radical (unpaired) electrons. The maximum Gasteiger partial charge on any atom is 0.175 e. The van der Waals surface area contributed by atoms with Gasteiger partial charge in [-0.05, 0) is 16.2 Å². The van der Waals surface area contributed by atoms with Gasteiger partial charge < -0.3 is 0 Å². The van der Waals surface area contributed by atoms with Crippen LogP contribution in [0, 0.1) is 0 Å². The van der Waals surface area contributed by atoms with E-state index < -0.39 is 8.09 Å². The van der Waals surface area contributed by atoms with E-state index >= 15 is 0 Å². The lowest BCUT2D eigenvalue weighted by atomic mass is 10.1. The van der Waals surface area contributed by atoms with Crippen LogP contribution in [-0.4, -0.2) is 16.0 Å². The molecule has 0 saturated heterocycles. The van der Waals surface area contributed by atoms with E-state index in [1.165, 1.54) is 38.5 Å². The molecule has 0 bridgehead atoms. The first-order chi connectivity index (χ1) is 8.23. The Morgan fingerprint density at radius 3 is 2.59 bits per heavy atom. The molecular formula is C10H20N2S5. The molecule has 17 heavy (non-hydrogen) atoms. The van der Waals surface area contributed by atoms with Crippen LogP contribution in [0.3, 0.4) is 0 Å². The first-order valence-corrected chi connectivity index (χ1v) is 12.0. The van der Waals surface area contributed by atoms with Crippen molar-refractivity contribution >= 4 is 52.6 Å². The second kappa shape index (κ2) is 8.96. The molecule has 0 aliphatic carbocycles. The van der Waals surface area contributed by atoms with Gasteiger partial charge >= 0.3 is 0 Å². The summed E-state index contributed by atoms with van der Waals surface area (Å²) in [6.45, 7) is 2.25. The predicted molar refractivity (Wildman–Crippen MR) is 89.6 cm³/mol. The van der Waals surface area contributed by atoms with Gasteiger partial charge in [-0.25, -0.2) is 0 Å². The first kappa shape index (κ1) is 16.0. The Morgan fingerprint density at radius 1 is 1.29 bits per heavy atom. The Bertz CT molecular complexity index is 293. The van der Waals surface area contributed by atoms with Crippen molar-refractivity contribution < 1.29 is 0 Å². The zero-order valence-corrected chi connectivity index (χ0v) is 14.3. The van der Waals surface area contributed by atoms with Crippen LogP contribution >= 0.6 is 52.6 Å². The van der Waals surface area contributed by atoms with Gasteiger partial charge in [-0.3, -0.25) is 0 Å². The van der Waals surface area contributed by atoms with Gasteiger partial charge in [0.25, 0.3) is 0 Å². The number of hydrogen-bond acceptors (Lipinski definition) is 6. The lowest BCUT2D eigenvalue weighted by Crippen LogP contribution is -1.94. The summed E-state index contributed by atoms with van der Waals surface area (Å²) in [6.07, 6.45) is 7.87. The van der Waals surface area contributed by atoms with E-state index in [1.807, 2.05) is 0 Å². The predicted octanol–water partition coefficient (Wildman–Crippen LogP) is 5.40. The number of aromatic nitrogens is 2. The summed E-state index contributed by atoms with van der Waals surface area (Å²) >= 11 is 10.8. The van der Waals surface area contributed by atoms with Gasteiger partial charge in [-0.2, -0.15) is 0 Å². The highest BCUT2D eigenvalue weighted by molar-refractivity contribution is 9.34. The topological polar surface area (TPSA) is 25.8 Å². The van der Waals surface area contributed by atoms with Gasteiger partial charge in [-0.1, -0.05) is 58.5 Å². The second-order valence-corrected chi connectivity index (χ2v) is 13.3. The fourth-order valence-corrected chi connectivity index (χ4v) is 8.05. The molecule has 1 aromatic heterocycles. The molecule has 1 rings (SSSR count). The molecule has 0 fully saturated rings. The number of hydrogen-bond donors (Lipinski definition) is 2. The van der Waals surface area contributed by atoms with Gasteiger partial charge in [0, 0.05) is 5.75 Å². The molecule has 1 atom stereocenters. The van der Waals surface area contributed by atoms with E-state index in [2.05, 4.69) is 28.8 Å². The smallest absolute Gasteiger partial charge is 0.146 e. The van der Waals surface area contributed by atoms with Gasteiger partial charge in [0.15, 0.2) is 4.34 Å². The highest BCUT2D eigenvalue weighted by Gasteiger charge is 2.24. The van der Waals surface area contributed by atoms with Crippen LogP contribution in [-0.2, 0) is 0 Å². The van der Waals surface area contributed by atoms with Crippen molar-refractivity contribution in [3.8, 4) is 0 Å². The van der Waals surface area contributed by atoms with Crippen LogP contribution in [0.15, 0.2) is 9.85 Å². The Balaban J connectivity index is 2.28. The minimum absolute atomic E-state index is 1.05. The summed E-state index contributed by atoms with van der Waals surface area (Å²) in [4.78, 5) is 0. The van der Waals surface area contributed by atoms with Crippen LogP contribution in [0.1, 0.15) is 45.4 Å². The van der Waals surface area contributed by atoms with Gasteiger partial charge in [0.05, 0.1) is 0 Å². The molecule has 0 amide bonds. The van der Waals surface area contributed by atoms with Crippen LogP contribution in [0.2, 0.25) is 0 Å². The van der Waals surface area contributed by atoms with Crippen molar-refractivity contribution in [1.29, 1.82) is 0 Å². The van der Waals surface area contributed by atoms with E-state index in [1.54, 1.807) is 26.7 Å². The molecule has 0 aliphatic heterocycles. The summed E-state index contributed by atoms with van der Waals surface area (Å²) < 4.78 is 1.05. The van der Waals surface area contributed by atoms with Gasteiger partial charge in [0.1, 0.15) is 5.51 Å². The Hall–Kier alpha value is 0.960. The summed E-state index contributed by atoms with van der Waals surface area (Å²) in [5.74, 6) is 1.09. The summed E-state index contributed by atoms with van der Waals surface area (Å²) in [6, 6.07) is 0. The monoisotopic (exact) mass is 328 g/mol. The van der Waals surface area contributed by atoms with Gasteiger partial charge in [0.2, 0.25) is 0 Å². The Kier molecular flexibility index (Phi) is 8.44. The van der Waals surface area contributed by atoms with E-state index in [4.69, 9.17) is 11.7 Å². The fourth-order valence-electron chi connectivity index (χ4n) is 1.54. The first-order valence-electron chi connectivity index (χ1n) is 5.85. The standard InChI is InChI=1S/C10H20N2S5/c1-2-3-4-5-6-7-8-17(14,16-13)10-12-11-9-15-10/h9,13-14H,2-8H2,1H3. The van der Waals surface area contributed by atoms with Crippen molar-refractivity contribution in [1.82, 2.24) is 10.2 Å². The molecule has 0 aliphatic rings. The van der Waals surface area contributed by atoms with Crippen molar-refractivity contribution in [2.75, 3.05) is 5.75 Å². The van der Waals surface area contributed by atoms with Crippen LogP contribution in [0.25, 0.3) is 0 Å². The van der Waals surface area contributed by atoms with Crippen LogP contribution in [0.5, 0.6) is 0 Å². The minimum Gasteiger partial charge on any atom is -0.146 e. The number of rotatable bonds is 9. The van der Waals surface area contributed by atoms with E-state index in [0.717, 1.165) is 10.1 Å². The van der Waals surface area contributed by atoms with E-state index in [0.29, 0.717) is 0 Å². The summed E-state index contributed by atoms with van der Waals surface area (Å²) in [7, 11) is 0.363. The molecule has 7 heteroatoms. The highest BCUT2D eigenvalue weighted by Crippen LogP contribution is 2.71. The maximum atomic E-state index is 4.80. The van der Waals surface area contributed by atoms with Crippen LogP contribution < -0.4 is 0 Å². The van der Waals surface area contributed by atoms with Crippen molar-refractivity contribution in [2.45, 2.75) is 49.8 Å². The largest absolute Gasteiger partial charge is 0.175 e. The minimum atomic E-state index is -1.18. The summed E-state index contributed by atoms with van der Waals surface area (Å²) in [5.41, 5.74) is 1.78. The average Bonchev–Trinajstić information content (AvgIpc) is 2.87. The molecule has 0 saturated carbocycles. The Morgan fingerprint density at radius 2 is 2.00 bits per heavy atom. The third-order valence-electron chi connectivity index (χ3n) is 2.51. The fraction of sp³-hybridized carbons (Fsp3) is 0.800. The highest BCUT2D eigenvalue weighted by atomic mass is 33.7.